The molecule has 8 nitrogen and oxygen atoms in total. The van der Waals surface area contributed by atoms with E-state index >= 15 is 0 Å². The monoisotopic (exact) mass is 523 g/mol. The Morgan fingerprint density at radius 1 is 1.07 bits per heavy atom. The molecule has 2 fully saturated rings. The highest BCUT2D eigenvalue weighted by atomic mass is 127. The molecular formula is C20H38IN5O3. The molecule has 2 aliphatic heterocycles. The van der Waals surface area contributed by atoms with Gasteiger partial charge in [0.2, 0.25) is 5.91 Å². The second-order valence-corrected chi connectivity index (χ2v) is 7.75. The van der Waals surface area contributed by atoms with Crippen molar-refractivity contribution in [2.24, 2.45) is 22.6 Å². The SMILES string of the molecule is CCNC(=NCCCCN1CCC(C(N)=O)CC1)N1CCC(C(=O)OC)CC1.I. The zero-order chi connectivity index (χ0) is 20.4. The van der Waals surface area contributed by atoms with Crippen LogP contribution < -0.4 is 11.1 Å². The van der Waals surface area contributed by atoms with Crippen LogP contribution in [0.2, 0.25) is 0 Å². The van der Waals surface area contributed by atoms with Crippen molar-refractivity contribution < 1.29 is 14.3 Å². The third-order valence-electron chi connectivity index (χ3n) is 5.80. The Hall–Kier alpha value is -1.10. The van der Waals surface area contributed by atoms with E-state index in [0.717, 1.165) is 90.3 Å². The summed E-state index contributed by atoms with van der Waals surface area (Å²) in [5.74, 6) is 0.782. The number of amides is 1. The van der Waals surface area contributed by atoms with Gasteiger partial charge in [-0.3, -0.25) is 14.6 Å². The number of guanidine groups is 1. The van der Waals surface area contributed by atoms with E-state index < -0.39 is 0 Å². The second-order valence-electron chi connectivity index (χ2n) is 7.75. The number of halogens is 1. The standard InChI is InChI=1S/C20H37N5O3.HI/c1-3-22-20(25-14-8-17(9-15-25)19(27)28-2)23-10-4-5-11-24-12-6-16(7-13-24)18(21)26;/h16-17H,3-15H2,1-2H3,(H2,21,26)(H,22,23);1H. The molecule has 0 aliphatic carbocycles. The van der Waals surface area contributed by atoms with Crippen molar-refractivity contribution in [3.63, 3.8) is 0 Å². The number of hydrogen-bond acceptors (Lipinski definition) is 5. The molecule has 0 atom stereocenters. The summed E-state index contributed by atoms with van der Waals surface area (Å²) in [6.45, 7) is 8.38. The lowest BCUT2D eigenvalue weighted by atomic mass is 9.96. The first-order valence-corrected chi connectivity index (χ1v) is 10.7. The largest absolute Gasteiger partial charge is 0.469 e. The van der Waals surface area contributed by atoms with Gasteiger partial charge >= 0.3 is 5.97 Å². The number of esters is 1. The summed E-state index contributed by atoms with van der Waals surface area (Å²) in [6, 6.07) is 0. The first kappa shape index (κ1) is 25.9. The molecule has 2 saturated heterocycles. The van der Waals surface area contributed by atoms with E-state index in [1.54, 1.807) is 0 Å². The minimum absolute atomic E-state index is 0. The zero-order valence-corrected chi connectivity index (χ0v) is 20.2. The lowest BCUT2D eigenvalue weighted by Gasteiger charge is -2.33. The molecule has 0 saturated carbocycles. The molecule has 0 aromatic rings. The number of likely N-dealkylation sites (tertiary alicyclic amines) is 2. The maximum atomic E-state index is 11.7. The number of carbonyl (C=O) groups excluding carboxylic acids is 2. The molecule has 1 amide bonds. The van der Waals surface area contributed by atoms with Gasteiger partial charge in [-0.1, -0.05) is 0 Å². The van der Waals surface area contributed by atoms with E-state index in [1.807, 2.05) is 0 Å². The molecule has 3 N–H and O–H groups in total. The molecule has 2 rings (SSSR count). The minimum atomic E-state index is -0.152. The Kier molecular flexibility index (Phi) is 12.5. The van der Waals surface area contributed by atoms with Crippen molar-refractivity contribution in [1.29, 1.82) is 0 Å². The van der Waals surface area contributed by atoms with Crippen LogP contribution in [0.25, 0.3) is 0 Å². The maximum absolute atomic E-state index is 11.7. The van der Waals surface area contributed by atoms with Crippen molar-refractivity contribution in [1.82, 2.24) is 15.1 Å². The summed E-state index contributed by atoms with van der Waals surface area (Å²) < 4.78 is 4.86. The Balaban J connectivity index is 0.00000420. The predicted octanol–water partition coefficient (Wildman–Crippen LogP) is 1.43. The molecular weight excluding hydrogens is 485 g/mol. The van der Waals surface area contributed by atoms with Crippen LogP contribution in [0.15, 0.2) is 4.99 Å². The number of nitrogens with one attached hydrogen (secondary N) is 1. The molecule has 0 unspecified atom stereocenters. The Labute approximate surface area is 192 Å². The summed E-state index contributed by atoms with van der Waals surface area (Å²) in [5, 5.41) is 3.37. The molecule has 0 aromatic heterocycles. The minimum Gasteiger partial charge on any atom is -0.469 e. The van der Waals surface area contributed by atoms with E-state index in [4.69, 9.17) is 15.5 Å². The second kappa shape index (κ2) is 14.0. The van der Waals surface area contributed by atoms with E-state index in [2.05, 4.69) is 22.0 Å². The fraction of sp³-hybridized carbons (Fsp3) is 0.850. The molecule has 29 heavy (non-hydrogen) atoms. The number of piperidine rings is 2. The van der Waals surface area contributed by atoms with Gasteiger partial charge in [0.15, 0.2) is 5.96 Å². The third kappa shape index (κ3) is 8.65. The Morgan fingerprint density at radius 2 is 1.69 bits per heavy atom. The Bertz CT molecular complexity index is 530. The van der Waals surface area contributed by atoms with Crippen molar-refractivity contribution in [3.05, 3.63) is 0 Å². The summed E-state index contributed by atoms with van der Waals surface area (Å²) in [5.41, 5.74) is 5.39. The van der Waals surface area contributed by atoms with Gasteiger partial charge in [-0.15, -0.1) is 24.0 Å². The molecule has 2 heterocycles. The molecule has 0 radical (unpaired) electrons. The van der Waals surface area contributed by atoms with Gasteiger partial charge in [-0.25, -0.2) is 0 Å². The highest BCUT2D eigenvalue weighted by molar-refractivity contribution is 14.0. The third-order valence-corrected chi connectivity index (χ3v) is 5.80. The molecule has 0 spiro atoms. The van der Waals surface area contributed by atoms with Crippen molar-refractivity contribution in [2.45, 2.75) is 45.4 Å². The maximum Gasteiger partial charge on any atom is 0.308 e. The van der Waals surface area contributed by atoms with Crippen LogP contribution in [0, 0.1) is 11.8 Å². The van der Waals surface area contributed by atoms with Gasteiger partial charge in [-0.05, 0) is 65.1 Å². The lowest BCUT2D eigenvalue weighted by Crippen LogP contribution is -2.46. The Morgan fingerprint density at radius 3 is 2.24 bits per heavy atom. The predicted molar refractivity (Wildman–Crippen MR) is 125 cm³/mol. The van der Waals surface area contributed by atoms with Crippen LogP contribution >= 0.6 is 24.0 Å². The summed E-state index contributed by atoms with van der Waals surface area (Å²) in [7, 11) is 1.46. The highest BCUT2D eigenvalue weighted by Crippen LogP contribution is 2.19. The number of hydrogen-bond donors (Lipinski definition) is 2. The molecule has 9 heteroatoms. The number of primary amides is 1. The number of nitrogens with zero attached hydrogens (tertiary/aromatic N) is 3. The fourth-order valence-electron chi connectivity index (χ4n) is 3.99. The van der Waals surface area contributed by atoms with Gasteiger partial charge in [0.1, 0.15) is 0 Å². The number of ether oxygens (including phenoxy) is 1. The fourth-order valence-corrected chi connectivity index (χ4v) is 3.99. The number of carbonyl (C=O) groups is 2. The van der Waals surface area contributed by atoms with Crippen LogP contribution in [0.1, 0.15) is 45.4 Å². The molecule has 0 bridgehead atoms. The smallest absolute Gasteiger partial charge is 0.308 e. The normalized spacial score (nSPS) is 19.5. The lowest BCUT2D eigenvalue weighted by molar-refractivity contribution is -0.146. The van der Waals surface area contributed by atoms with Crippen molar-refractivity contribution in [3.8, 4) is 0 Å². The van der Waals surface area contributed by atoms with Crippen LogP contribution in [0.3, 0.4) is 0 Å². The number of aliphatic imine (C=N–C) groups is 1. The number of nitrogens with two attached hydrogens (primary N) is 1. The van der Waals surface area contributed by atoms with E-state index in [9.17, 15) is 9.59 Å². The van der Waals surface area contributed by atoms with Crippen molar-refractivity contribution >= 4 is 41.8 Å². The van der Waals surface area contributed by atoms with Crippen LogP contribution in [0.5, 0.6) is 0 Å². The molecule has 2 aliphatic rings. The molecule has 168 valence electrons. The summed E-state index contributed by atoms with van der Waals surface area (Å²) in [4.78, 5) is 32.4. The number of rotatable bonds is 8. The van der Waals surface area contributed by atoms with Gasteiger partial charge in [0.25, 0.3) is 0 Å². The van der Waals surface area contributed by atoms with E-state index in [1.165, 1.54) is 7.11 Å². The van der Waals surface area contributed by atoms with Crippen LogP contribution in [-0.2, 0) is 14.3 Å². The number of methoxy groups -OCH3 is 1. The van der Waals surface area contributed by atoms with Gasteiger partial charge in [0.05, 0.1) is 13.0 Å². The van der Waals surface area contributed by atoms with Crippen molar-refractivity contribution in [2.75, 3.05) is 52.9 Å². The average molecular weight is 523 g/mol. The van der Waals surface area contributed by atoms with Gasteiger partial charge in [-0.2, -0.15) is 0 Å². The average Bonchev–Trinajstić information content (AvgIpc) is 2.72. The van der Waals surface area contributed by atoms with E-state index in [0.29, 0.717) is 0 Å². The number of unbranched alkanes of at least 4 members (excludes halogenated alkanes) is 1. The van der Waals surface area contributed by atoms with Gasteiger partial charge in [0, 0.05) is 32.1 Å². The summed E-state index contributed by atoms with van der Waals surface area (Å²) in [6.07, 6.45) is 5.56. The first-order valence-electron chi connectivity index (χ1n) is 10.7. The van der Waals surface area contributed by atoms with Crippen LogP contribution in [0.4, 0.5) is 0 Å². The van der Waals surface area contributed by atoms with E-state index in [-0.39, 0.29) is 47.7 Å². The first-order chi connectivity index (χ1) is 13.5. The highest BCUT2D eigenvalue weighted by Gasteiger charge is 2.27. The summed E-state index contributed by atoms with van der Waals surface area (Å²) >= 11 is 0. The zero-order valence-electron chi connectivity index (χ0n) is 17.9. The topological polar surface area (TPSA) is 100 Å². The van der Waals surface area contributed by atoms with Gasteiger partial charge < -0.3 is 25.6 Å². The molecule has 0 aromatic carbocycles. The quantitative estimate of drug-likeness (QED) is 0.164. The van der Waals surface area contributed by atoms with Crippen LogP contribution in [-0.4, -0.2) is 80.6 Å².